The van der Waals surface area contributed by atoms with E-state index in [1.807, 2.05) is 0 Å². The number of benzene rings is 1. The molecule has 22 heavy (non-hydrogen) atoms. The maximum absolute atomic E-state index is 11.9. The lowest BCUT2D eigenvalue weighted by Gasteiger charge is -2.13. The van der Waals surface area contributed by atoms with E-state index in [2.05, 4.69) is 4.98 Å². The number of ether oxygens (including phenoxy) is 1. The molecule has 0 saturated carbocycles. The van der Waals surface area contributed by atoms with Gasteiger partial charge in [0.1, 0.15) is 12.4 Å². The molecule has 0 aliphatic heterocycles. The number of hydrogen-bond acceptors (Lipinski definition) is 6. The van der Waals surface area contributed by atoms with E-state index in [0.29, 0.717) is 16.8 Å². The number of carbonyl (C=O) groups is 1. The summed E-state index contributed by atoms with van der Waals surface area (Å²) in [6.07, 6.45) is 0.0359. The quantitative estimate of drug-likeness (QED) is 0.721. The highest BCUT2D eigenvalue weighted by molar-refractivity contribution is 5.76. The third kappa shape index (κ3) is 3.41. The Kier molecular flexibility index (Phi) is 5.08. The molecule has 1 aromatic carbocycles. The van der Waals surface area contributed by atoms with Crippen LogP contribution in [0.5, 0.6) is 5.75 Å². The molecular weight excluding hydrogens is 286 g/mol. The van der Waals surface area contributed by atoms with E-state index < -0.39 is 18.7 Å². The molecule has 1 heterocycles. The predicted octanol–water partition coefficient (Wildman–Crippen LogP) is 1.36. The summed E-state index contributed by atoms with van der Waals surface area (Å²) < 4.78 is 5.03. The molecule has 6 heteroatoms. The van der Waals surface area contributed by atoms with Crippen molar-refractivity contribution in [2.24, 2.45) is 0 Å². The van der Waals surface area contributed by atoms with E-state index >= 15 is 0 Å². The standard InChI is InChI=1S/C16H17NO5/c1-10-14(19)13(8-18)12(7-17-10)9-22-16(21)15(20)11-5-3-2-4-6-11/h2-7,15,18-20H,8-9H2,1H3. The van der Waals surface area contributed by atoms with Crippen LogP contribution in [0.25, 0.3) is 0 Å². The number of aliphatic hydroxyl groups is 2. The van der Waals surface area contributed by atoms with Crippen LogP contribution in [0.3, 0.4) is 0 Å². The highest BCUT2D eigenvalue weighted by atomic mass is 16.5. The summed E-state index contributed by atoms with van der Waals surface area (Å²) in [6, 6.07) is 8.42. The van der Waals surface area contributed by atoms with E-state index in [-0.39, 0.29) is 17.9 Å². The van der Waals surface area contributed by atoms with Crippen LogP contribution >= 0.6 is 0 Å². The van der Waals surface area contributed by atoms with Crippen molar-refractivity contribution in [2.75, 3.05) is 0 Å². The highest BCUT2D eigenvalue weighted by Gasteiger charge is 2.20. The van der Waals surface area contributed by atoms with E-state index in [4.69, 9.17) is 4.74 Å². The molecule has 1 atom stereocenters. The molecule has 0 aliphatic carbocycles. The van der Waals surface area contributed by atoms with Crippen molar-refractivity contribution in [2.45, 2.75) is 26.2 Å². The smallest absolute Gasteiger partial charge is 0.339 e. The maximum atomic E-state index is 11.9. The molecule has 0 fully saturated rings. The van der Waals surface area contributed by atoms with Crippen LogP contribution in [0.15, 0.2) is 36.5 Å². The Labute approximate surface area is 127 Å². The van der Waals surface area contributed by atoms with Gasteiger partial charge in [-0.15, -0.1) is 0 Å². The highest BCUT2D eigenvalue weighted by Crippen LogP contribution is 2.24. The number of pyridine rings is 1. The van der Waals surface area contributed by atoms with Gasteiger partial charge in [0.05, 0.1) is 12.3 Å². The lowest BCUT2D eigenvalue weighted by atomic mass is 10.1. The van der Waals surface area contributed by atoms with E-state index in [9.17, 15) is 20.1 Å². The van der Waals surface area contributed by atoms with E-state index in [1.165, 1.54) is 6.20 Å². The molecular formula is C16H17NO5. The van der Waals surface area contributed by atoms with Crippen molar-refractivity contribution >= 4 is 5.97 Å². The zero-order chi connectivity index (χ0) is 16.1. The van der Waals surface area contributed by atoms with Crippen molar-refractivity contribution in [3.63, 3.8) is 0 Å². The summed E-state index contributed by atoms with van der Waals surface area (Å²) in [7, 11) is 0. The zero-order valence-corrected chi connectivity index (χ0v) is 12.1. The van der Waals surface area contributed by atoms with Gasteiger partial charge >= 0.3 is 5.97 Å². The first-order chi connectivity index (χ1) is 10.5. The third-order valence-electron chi connectivity index (χ3n) is 3.30. The number of aliphatic hydroxyl groups excluding tert-OH is 2. The van der Waals surface area contributed by atoms with Crippen LogP contribution in [0, 0.1) is 6.92 Å². The fourth-order valence-electron chi connectivity index (χ4n) is 1.98. The number of carbonyl (C=O) groups excluding carboxylic acids is 1. The minimum absolute atomic E-state index is 0.125. The summed E-state index contributed by atoms with van der Waals surface area (Å²) in [5.41, 5.74) is 1.46. The van der Waals surface area contributed by atoms with Crippen LogP contribution < -0.4 is 0 Å². The second-order valence-corrected chi connectivity index (χ2v) is 4.78. The van der Waals surface area contributed by atoms with Crippen LogP contribution in [0.1, 0.15) is 28.5 Å². The molecule has 116 valence electrons. The minimum atomic E-state index is -1.38. The van der Waals surface area contributed by atoms with Crippen molar-refractivity contribution in [3.05, 3.63) is 58.9 Å². The van der Waals surface area contributed by atoms with Crippen molar-refractivity contribution in [1.82, 2.24) is 4.98 Å². The first kappa shape index (κ1) is 15.9. The molecule has 2 aromatic rings. The zero-order valence-electron chi connectivity index (χ0n) is 12.1. The van der Waals surface area contributed by atoms with Crippen LogP contribution in [0.2, 0.25) is 0 Å². The van der Waals surface area contributed by atoms with Gasteiger partial charge < -0.3 is 20.1 Å². The van der Waals surface area contributed by atoms with E-state index in [1.54, 1.807) is 37.3 Å². The predicted molar refractivity (Wildman–Crippen MR) is 77.8 cm³/mol. The van der Waals surface area contributed by atoms with Gasteiger partial charge in [-0.25, -0.2) is 4.79 Å². The SMILES string of the molecule is Cc1ncc(COC(=O)C(O)c2ccccc2)c(CO)c1O. The molecule has 0 bridgehead atoms. The van der Waals surface area contributed by atoms with Gasteiger partial charge in [0.25, 0.3) is 0 Å². The Morgan fingerprint density at radius 2 is 2.00 bits per heavy atom. The van der Waals surface area contributed by atoms with Gasteiger partial charge in [-0.1, -0.05) is 30.3 Å². The average Bonchev–Trinajstić information content (AvgIpc) is 2.55. The average molecular weight is 303 g/mol. The summed E-state index contributed by atoms with van der Waals surface area (Å²) in [6.45, 7) is 1.01. The Bertz CT molecular complexity index is 657. The molecule has 3 N–H and O–H groups in total. The molecule has 0 aliphatic rings. The van der Waals surface area contributed by atoms with E-state index in [0.717, 1.165) is 0 Å². The first-order valence-electron chi connectivity index (χ1n) is 6.71. The first-order valence-corrected chi connectivity index (χ1v) is 6.71. The van der Waals surface area contributed by atoms with Gasteiger partial charge in [-0.2, -0.15) is 0 Å². The van der Waals surface area contributed by atoms with Gasteiger partial charge in [0.2, 0.25) is 0 Å². The third-order valence-corrected chi connectivity index (χ3v) is 3.30. The second-order valence-electron chi connectivity index (χ2n) is 4.78. The van der Waals surface area contributed by atoms with Crippen molar-refractivity contribution in [3.8, 4) is 5.75 Å². The van der Waals surface area contributed by atoms with Crippen LogP contribution in [-0.4, -0.2) is 26.3 Å². The molecule has 2 rings (SSSR count). The van der Waals surface area contributed by atoms with Gasteiger partial charge in [-0.05, 0) is 12.5 Å². The van der Waals surface area contributed by atoms with Crippen molar-refractivity contribution in [1.29, 1.82) is 0 Å². The Balaban J connectivity index is 2.07. The number of aromatic hydroxyl groups is 1. The fourth-order valence-corrected chi connectivity index (χ4v) is 1.98. The molecule has 6 nitrogen and oxygen atoms in total. The Morgan fingerprint density at radius 1 is 1.32 bits per heavy atom. The molecule has 0 saturated heterocycles. The number of aromatic nitrogens is 1. The largest absolute Gasteiger partial charge is 0.506 e. The number of esters is 1. The summed E-state index contributed by atoms with van der Waals surface area (Å²) >= 11 is 0. The monoisotopic (exact) mass is 303 g/mol. The molecule has 1 aromatic heterocycles. The number of hydrogen-bond donors (Lipinski definition) is 3. The van der Waals surface area contributed by atoms with Gasteiger partial charge in [0, 0.05) is 17.3 Å². The Hall–Kier alpha value is -2.44. The molecule has 0 spiro atoms. The Morgan fingerprint density at radius 3 is 2.64 bits per heavy atom. The topological polar surface area (TPSA) is 99.9 Å². The second kappa shape index (κ2) is 7.02. The molecule has 1 unspecified atom stereocenters. The molecule has 0 radical (unpaired) electrons. The number of aryl methyl sites for hydroxylation is 1. The van der Waals surface area contributed by atoms with Crippen LogP contribution in [0.4, 0.5) is 0 Å². The van der Waals surface area contributed by atoms with Crippen molar-refractivity contribution < 1.29 is 24.9 Å². The summed E-state index contributed by atoms with van der Waals surface area (Å²) in [5.74, 6) is -0.935. The van der Waals surface area contributed by atoms with Gasteiger partial charge in [-0.3, -0.25) is 4.98 Å². The normalized spacial score (nSPS) is 12.0. The summed E-state index contributed by atoms with van der Waals surface area (Å²) in [4.78, 5) is 15.8. The lowest BCUT2D eigenvalue weighted by molar-refractivity contribution is -0.155. The minimum Gasteiger partial charge on any atom is -0.506 e. The number of nitrogens with zero attached hydrogens (tertiary/aromatic N) is 1. The fraction of sp³-hybridized carbons (Fsp3) is 0.250. The van der Waals surface area contributed by atoms with Gasteiger partial charge in [0.15, 0.2) is 6.10 Å². The number of rotatable bonds is 5. The van der Waals surface area contributed by atoms with Crippen LogP contribution in [-0.2, 0) is 22.7 Å². The lowest BCUT2D eigenvalue weighted by Crippen LogP contribution is -2.16. The maximum Gasteiger partial charge on any atom is 0.339 e. The molecule has 0 amide bonds. The summed E-state index contributed by atoms with van der Waals surface area (Å²) in [5, 5.41) is 29.0.